The van der Waals surface area contributed by atoms with Gasteiger partial charge in [0.05, 0.1) is 6.54 Å². The molecule has 0 aliphatic carbocycles. The molecule has 0 radical (unpaired) electrons. The zero-order valence-corrected chi connectivity index (χ0v) is 8.42. The van der Waals surface area contributed by atoms with Crippen LogP contribution < -0.4 is 5.84 Å². The molecule has 0 saturated heterocycles. The van der Waals surface area contributed by atoms with Gasteiger partial charge in [0.2, 0.25) is 0 Å². The fourth-order valence-electron chi connectivity index (χ4n) is 1.88. The van der Waals surface area contributed by atoms with E-state index in [-0.39, 0.29) is 0 Å². The zero-order chi connectivity index (χ0) is 9.54. The molecule has 0 amide bonds. The first kappa shape index (κ1) is 8.29. The Balaban J connectivity index is 2.33. The van der Waals surface area contributed by atoms with Gasteiger partial charge in [-0.1, -0.05) is 30.3 Å². The lowest BCUT2D eigenvalue weighted by molar-refractivity contribution is 0.510. The molecule has 2 N–H and O–H groups in total. The van der Waals surface area contributed by atoms with E-state index < -0.39 is 0 Å². The van der Waals surface area contributed by atoms with Crippen molar-refractivity contribution < 1.29 is 0 Å². The van der Waals surface area contributed by atoms with Gasteiger partial charge in [-0.25, -0.2) is 0 Å². The summed E-state index contributed by atoms with van der Waals surface area (Å²) in [6.07, 6.45) is 0. The van der Waals surface area contributed by atoms with Crippen molar-refractivity contribution in [3.63, 3.8) is 0 Å². The predicted molar refractivity (Wildman–Crippen MR) is 59.5 cm³/mol. The van der Waals surface area contributed by atoms with Crippen LogP contribution in [0.5, 0.6) is 0 Å². The van der Waals surface area contributed by atoms with Gasteiger partial charge in [0.1, 0.15) is 0 Å². The summed E-state index contributed by atoms with van der Waals surface area (Å²) < 4.78 is 1.77. The highest BCUT2D eigenvalue weighted by molar-refractivity contribution is 7.97. The van der Waals surface area contributed by atoms with Crippen LogP contribution in [-0.2, 0) is 6.54 Å². The smallest absolute Gasteiger partial charge is 0.0514 e. The Hall–Kier alpha value is -1.03. The number of nitrogens with two attached hydrogens (primary N) is 1. The highest BCUT2D eigenvalue weighted by Crippen LogP contribution is 2.37. The van der Waals surface area contributed by atoms with Crippen molar-refractivity contribution in [1.82, 2.24) is 4.41 Å². The first-order valence-electron chi connectivity index (χ1n) is 4.55. The van der Waals surface area contributed by atoms with Crippen LogP contribution in [0.25, 0.3) is 10.8 Å². The van der Waals surface area contributed by atoms with Crippen molar-refractivity contribution in [2.45, 2.75) is 11.4 Å². The second kappa shape index (κ2) is 2.98. The molecular weight excluding hydrogens is 192 g/mol. The third-order valence-corrected chi connectivity index (χ3v) is 3.47. The lowest BCUT2D eigenvalue weighted by Crippen LogP contribution is -2.17. The number of benzene rings is 2. The van der Waals surface area contributed by atoms with Crippen LogP contribution >= 0.6 is 11.9 Å². The summed E-state index contributed by atoms with van der Waals surface area (Å²) in [6, 6.07) is 12.7. The van der Waals surface area contributed by atoms with Gasteiger partial charge in [-0.15, -0.1) is 0 Å². The number of rotatable bonds is 0. The average Bonchev–Trinajstić information content (AvgIpc) is 2.59. The van der Waals surface area contributed by atoms with E-state index in [4.69, 9.17) is 5.84 Å². The maximum atomic E-state index is 5.77. The molecule has 0 atom stereocenters. The van der Waals surface area contributed by atoms with E-state index >= 15 is 0 Å². The fraction of sp³-hybridized carbons (Fsp3) is 0.0909. The molecule has 0 bridgehead atoms. The van der Waals surface area contributed by atoms with E-state index in [9.17, 15) is 0 Å². The fourth-order valence-corrected chi connectivity index (χ4v) is 2.74. The monoisotopic (exact) mass is 202 g/mol. The molecule has 0 aromatic heterocycles. The van der Waals surface area contributed by atoms with Gasteiger partial charge < -0.3 is 0 Å². The molecule has 0 unspecified atom stereocenters. The summed E-state index contributed by atoms with van der Waals surface area (Å²) in [4.78, 5) is 1.28. The van der Waals surface area contributed by atoms with Gasteiger partial charge >= 0.3 is 0 Å². The third-order valence-electron chi connectivity index (χ3n) is 2.53. The van der Waals surface area contributed by atoms with E-state index in [0.29, 0.717) is 0 Å². The molecule has 0 saturated carbocycles. The second-order valence-electron chi connectivity index (χ2n) is 3.43. The average molecular weight is 202 g/mol. The van der Waals surface area contributed by atoms with Gasteiger partial charge in [0.15, 0.2) is 0 Å². The van der Waals surface area contributed by atoms with Crippen LogP contribution in [0.1, 0.15) is 5.56 Å². The van der Waals surface area contributed by atoms with Crippen LogP contribution in [0.4, 0.5) is 0 Å². The molecular formula is C11H10N2S. The lowest BCUT2D eigenvalue weighted by Gasteiger charge is -2.02. The van der Waals surface area contributed by atoms with Crippen molar-refractivity contribution in [1.29, 1.82) is 0 Å². The minimum Gasteiger partial charge on any atom is -0.258 e. The molecule has 1 aliphatic rings. The number of hydrogen-bond donors (Lipinski definition) is 1. The topological polar surface area (TPSA) is 29.3 Å². The summed E-state index contributed by atoms with van der Waals surface area (Å²) in [5, 5.41) is 2.62. The Kier molecular flexibility index (Phi) is 1.77. The molecule has 3 heteroatoms. The van der Waals surface area contributed by atoms with E-state index in [1.807, 2.05) is 0 Å². The summed E-state index contributed by atoms with van der Waals surface area (Å²) in [5.41, 5.74) is 1.36. The predicted octanol–water partition coefficient (Wildman–Crippen LogP) is 2.54. The van der Waals surface area contributed by atoms with Crippen molar-refractivity contribution >= 4 is 22.7 Å². The normalized spacial score (nSPS) is 16.1. The maximum Gasteiger partial charge on any atom is 0.0514 e. The number of fused-ring (bicyclic) bond motifs is 3. The molecule has 3 rings (SSSR count). The molecule has 2 nitrogen and oxygen atoms in total. The summed E-state index contributed by atoms with van der Waals surface area (Å²) in [7, 11) is 0. The highest BCUT2D eigenvalue weighted by Gasteiger charge is 2.18. The van der Waals surface area contributed by atoms with Crippen molar-refractivity contribution in [2.24, 2.45) is 5.84 Å². The minimum absolute atomic E-state index is 0.835. The first-order valence-corrected chi connectivity index (χ1v) is 5.33. The molecule has 0 fully saturated rings. The molecule has 0 spiro atoms. The Morgan fingerprint density at radius 2 is 2.00 bits per heavy atom. The Labute approximate surface area is 86.8 Å². The molecule has 2 aromatic carbocycles. The van der Waals surface area contributed by atoms with E-state index in [0.717, 1.165) is 6.54 Å². The van der Waals surface area contributed by atoms with Crippen LogP contribution in [0.15, 0.2) is 41.3 Å². The standard InChI is InChI=1S/C11H10N2S/c12-13-7-10-9-4-2-1-3-8(9)5-6-11(10)14-13/h1-6H,7,12H2. The SMILES string of the molecule is NN1Cc2c(ccc3ccccc23)S1. The zero-order valence-electron chi connectivity index (χ0n) is 7.60. The maximum absolute atomic E-state index is 5.77. The summed E-state index contributed by atoms with van der Waals surface area (Å²) in [6.45, 7) is 0.835. The molecule has 70 valence electrons. The van der Waals surface area contributed by atoms with Gasteiger partial charge in [-0.2, -0.15) is 4.41 Å². The molecule has 14 heavy (non-hydrogen) atoms. The quantitative estimate of drug-likeness (QED) is 0.526. The number of nitrogens with zero attached hydrogens (tertiary/aromatic N) is 1. The summed E-state index contributed by atoms with van der Waals surface area (Å²) in [5.74, 6) is 5.77. The van der Waals surface area contributed by atoms with E-state index in [2.05, 4.69) is 36.4 Å². The highest BCUT2D eigenvalue weighted by atomic mass is 32.2. The van der Waals surface area contributed by atoms with Gasteiger partial charge in [0, 0.05) is 4.90 Å². The number of hydrazine groups is 1. The largest absolute Gasteiger partial charge is 0.258 e. The van der Waals surface area contributed by atoms with Crippen molar-refractivity contribution in [3.05, 3.63) is 42.0 Å². The van der Waals surface area contributed by atoms with Crippen LogP contribution in [0.3, 0.4) is 0 Å². The second-order valence-corrected chi connectivity index (χ2v) is 4.52. The van der Waals surface area contributed by atoms with Gasteiger partial charge in [-0.05, 0) is 34.4 Å². The first-order chi connectivity index (χ1) is 6.84. The van der Waals surface area contributed by atoms with Crippen LogP contribution in [0.2, 0.25) is 0 Å². The Morgan fingerprint density at radius 1 is 1.14 bits per heavy atom. The van der Waals surface area contributed by atoms with Gasteiger partial charge in [0.25, 0.3) is 0 Å². The summed E-state index contributed by atoms with van der Waals surface area (Å²) >= 11 is 1.62. The van der Waals surface area contributed by atoms with E-state index in [1.165, 1.54) is 21.2 Å². The lowest BCUT2D eigenvalue weighted by atomic mass is 10.0. The van der Waals surface area contributed by atoms with E-state index in [1.54, 1.807) is 16.4 Å². The Bertz CT molecular complexity index is 496. The number of hydrogen-bond acceptors (Lipinski definition) is 3. The van der Waals surface area contributed by atoms with Crippen LogP contribution in [-0.4, -0.2) is 4.41 Å². The Morgan fingerprint density at radius 3 is 2.93 bits per heavy atom. The van der Waals surface area contributed by atoms with Crippen molar-refractivity contribution in [2.75, 3.05) is 0 Å². The molecule has 2 aromatic rings. The van der Waals surface area contributed by atoms with Crippen LogP contribution in [0, 0.1) is 0 Å². The van der Waals surface area contributed by atoms with Gasteiger partial charge in [-0.3, -0.25) is 5.84 Å². The molecule has 1 aliphatic heterocycles. The molecule has 1 heterocycles. The minimum atomic E-state index is 0.835. The third kappa shape index (κ3) is 1.14. The van der Waals surface area contributed by atoms with Crippen molar-refractivity contribution in [3.8, 4) is 0 Å².